The van der Waals surface area contributed by atoms with Crippen LogP contribution in [0.5, 0.6) is 0 Å². The molecule has 0 spiro atoms. The van der Waals surface area contributed by atoms with Gasteiger partial charge < -0.3 is 15.2 Å². The van der Waals surface area contributed by atoms with Gasteiger partial charge in [-0.05, 0) is 20.8 Å². The summed E-state index contributed by atoms with van der Waals surface area (Å²) in [7, 11) is 0. The molecule has 0 rings (SSSR count). The van der Waals surface area contributed by atoms with Crippen LogP contribution in [0, 0.1) is 0 Å². The van der Waals surface area contributed by atoms with Crippen molar-refractivity contribution in [3.8, 4) is 0 Å². The van der Waals surface area contributed by atoms with Crippen LogP contribution < -0.4 is 5.32 Å². The normalized spacial score (nSPS) is 10.8. The lowest BCUT2D eigenvalue weighted by molar-refractivity contribution is -0.155. The third kappa shape index (κ3) is 11.2. The molecule has 0 aliphatic heterocycles. The van der Waals surface area contributed by atoms with Crippen LogP contribution in [0.2, 0.25) is 0 Å². The first-order chi connectivity index (χ1) is 9.10. The van der Waals surface area contributed by atoms with Gasteiger partial charge in [0, 0.05) is 12.8 Å². The fourth-order valence-electron chi connectivity index (χ4n) is 1.23. The van der Waals surface area contributed by atoms with Gasteiger partial charge in [-0.2, -0.15) is 0 Å². The maximum Gasteiger partial charge on any atom is 0.306 e. The highest BCUT2D eigenvalue weighted by Crippen LogP contribution is 2.08. The summed E-state index contributed by atoms with van der Waals surface area (Å²) in [4.78, 5) is 44.2. The SMILES string of the molecule is CC(C)(C)OC(=O)CCC(=O)NCC(=O)CCC(=O)O. The smallest absolute Gasteiger partial charge is 0.306 e. The first-order valence-corrected chi connectivity index (χ1v) is 6.32. The van der Waals surface area contributed by atoms with E-state index in [0.29, 0.717) is 0 Å². The number of carboxylic acids is 1. The molecule has 0 saturated heterocycles. The summed E-state index contributed by atoms with van der Waals surface area (Å²) in [6.45, 7) is 4.96. The Hall–Kier alpha value is -1.92. The van der Waals surface area contributed by atoms with Crippen molar-refractivity contribution in [2.24, 2.45) is 0 Å². The van der Waals surface area contributed by atoms with Crippen molar-refractivity contribution < 1.29 is 29.0 Å². The Bertz CT molecular complexity index is 383. The largest absolute Gasteiger partial charge is 0.481 e. The number of carboxylic acid groups (broad SMARTS) is 1. The highest BCUT2D eigenvalue weighted by molar-refractivity contribution is 5.88. The minimum atomic E-state index is -1.06. The van der Waals surface area contributed by atoms with Crippen molar-refractivity contribution in [2.75, 3.05) is 6.54 Å². The van der Waals surface area contributed by atoms with Gasteiger partial charge in [0.15, 0.2) is 5.78 Å². The number of nitrogens with one attached hydrogen (secondary N) is 1. The zero-order chi connectivity index (χ0) is 15.8. The lowest BCUT2D eigenvalue weighted by Crippen LogP contribution is -2.30. The standard InChI is InChI=1S/C13H21NO6/c1-13(2,3)20-12(19)7-5-10(16)14-8-9(15)4-6-11(17)18/h4-8H2,1-3H3,(H,14,16)(H,17,18). The topological polar surface area (TPSA) is 110 Å². The average Bonchev–Trinajstić information content (AvgIpc) is 2.29. The molecule has 0 aromatic carbocycles. The Balaban J connectivity index is 3.81. The van der Waals surface area contributed by atoms with Crippen LogP contribution in [-0.4, -0.2) is 40.9 Å². The predicted molar refractivity (Wildman–Crippen MR) is 70.0 cm³/mol. The van der Waals surface area contributed by atoms with E-state index < -0.39 is 23.4 Å². The van der Waals surface area contributed by atoms with Crippen LogP contribution in [0.3, 0.4) is 0 Å². The Labute approximate surface area is 117 Å². The Morgan fingerprint density at radius 2 is 1.60 bits per heavy atom. The number of hydrogen-bond donors (Lipinski definition) is 2. The summed E-state index contributed by atoms with van der Waals surface area (Å²) in [5, 5.41) is 10.7. The summed E-state index contributed by atoms with van der Waals surface area (Å²) >= 11 is 0. The maximum atomic E-state index is 11.4. The predicted octanol–water partition coefficient (Wildman–Crippen LogP) is 0.658. The summed E-state index contributed by atoms with van der Waals surface area (Å²) in [5.74, 6) is -2.35. The zero-order valence-electron chi connectivity index (χ0n) is 12.0. The molecule has 0 atom stereocenters. The molecule has 7 heteroatoms. The Morgan fingerprint density at radius 1 is 1.00 bits per heavy atom. The van der Waals surface area contributed by atoms with E-state index in [0.717, 1.165) is 0 Å². The fraction of sp³-hybridized carbons (Fsp3) is 0.692. The van der Waals surface area contributed by atoms with Crippen molar-refractivity contribution in [1.29, 1.82) is 0 Å². The molecule has 0 saturated carbocycles. The number of hydrogen-bond acceptors (Lipinski definition) is 5. The Morgan fingerprint density at radius 3 is 2.10 bits per heavy atom. The van der Waals surface area contributed by atoms with Gasteiger partial charge >= 0.3 is 11.9 Å². The highest BCUT2D eigenvalue weighted by Gasteiger charge is 2.17. The molecule has 2 N–H and O–H groups in total. The first kappa shape index (κ1) is 18.1. The second-order valence-corrected chi connectivity index (χ2v) is 5.30. The number of amides is 1. The van der Waals surface area contributed by atoms with E-state index in [9.17, 15) is 19.2 Å². The van der Waals surface area contributed by atoms with Crippen molar-refractivity contribution in [3.63, 3.8) is 0 Å². The van der Waals surface area contributed by atoms with Crippen LogP contribution in [0.25, 0.3) is 0 Å². The molecule has 0 fully saturated rings. The van der Waals surface area contributed by atoms with Gasteiger partial charge in [0.05, 0.1) is 19.4 Å². The molecular formula is C13H21NO6. The van der Waals surface area contributed by atoms with E-state index in [1.165, 1.54) is 0 Å². The van der Waals surface area contributed by atoms with Crippen molar-refractivity contribution in [2.45, 2.75) is 52.1 Å². The number of Topliss-reactive ketones (excluding diaryl/α,β-unsaturated/α-hetero) is 1. The molecule has 0 aromatic heterocycles. The van der Waals surface area contributed by atoms with E-state index in [1.54, 1.807) is 20.8 Å². The molecule has 114 valence electrons. The number of rotatable bonds is 8. The second kappa shape index (κ2) is 8.29. The number of ether oxygens (including phenoxy) is 1. The van der Waals surface area contributed by atoms with Gasteiger partial charge in [0.2, 0.25) is 5.91 Å². The molecule has 0 radical (unpaired) electrons. The molecule has 0 aliphatic carbocycles. The molecule has 0 aromatic rings. The van der Waals surface area contributed by atoms with Gasteiger partial charge in [0.25, 0.3) is 0 Å². The molecule has 1 amide bonds. The lowest BCUT2D eigenvalue weighted by Gasteiger charge is -2.19. The lowest BCUT2D eigenvalue weighted by atomic mass is 10.2. The van der Waals surface area contributed by atoms with E-state index in [2.05, 4.69) is 5.32 Å². The summed E-state index contributed by atoms with van der Waals surface area (Å²) < 4.78 is 5.03. The van der Waals surface area contributed by atoms with E-state index in [-0.39, 0.29) is 38.0 Å². The second-order valence-electron chi connectivity index (χ2n) is 5.30. The molecule has 20 heavy (non-hydrogen) atoms. The van der Waals surface area contributed by atoms with Crippen LogP contribution in [0.1, 0.15) is 46.5 Å². The van der Waals surface area contributed by atoms with Gasteiger partial charge in [0.1, 0.15) is 5.60 Å². The fourth-order valence-corrected chi connectivity index (χ4v) is 1.23. The number of carbonyl (C=O) groups is 4. The van der Waals surface area contributed by atoms with Crippen LogP contribution >= 0.6 is 0 Å². The first-order valence-electron chi connectivity index (χ1n) is 6.32. The number of aliphatic carboxylic acids is 1. The van der Waals surface area contributed by atoms with Gasteiger partial charge in [-0.3, -0.25) is 19.2 Å². The number of carbonyl (C=O) groups excluding carboxylic acids is 3. The number of ketones is 1. The quantitative estimate of drug-likeness (QED) is 0.634. The van der Waals surface area contributed by atoms with Crippen molar-refractivity contribution >= 4 is 23.6 Å². The summed E-state index contributed by atoms with van der Waals surface area (Å²) in [6, 6.07) is 0. The maximum absolute atomic E-state index is 11.4. The van der Waals surface area contributed by atoms with Crippen LogP contribution in [0.4, 0.5) is 0 Å². The van der Waals surface area contributed by atoms with Gasteiger partial charge in [-0.25, -0.2) is 0 Å². The minimum Gasteiger partial charge on any atom is -0.481 e. The van der Waals surface area contributed by atoms with Crippen LogP contribution in [0.15, 0.2) is 0 Å². The molecule has 7 nitrogen and oxygen atoms in total. The third-order valence-corrected chi connectivity index (χ3v) is 2.08. The third-order valence-electron chi connectivity index (χ3n) is 2.08. The summed E-state index contributed by atoms with van der Waals surface area (Å²) in [6.07, 6.45) is -0.512. The highest BCUT2D eigenvalue weighted by atomic mass is 16.6. The van der Waals surface area contributed by atoms with Crippen molar-refractivity contribution in [3.05, 3.63) is 0 Å². The van der Waals surface area contributed by atoms with Gasteiger partial charge in [-0.15, -0.1) is 0 Å². The zero-order valence-corrected chi connectivity index (χ0v) is 12.0. The molecule has 0 bridgehead atoms. The van der Waals surface area contributed by atoms with E-state index >= 15 is 0 Å². The molecular weight excluding hydrogens is 266 g/mol. The molecule has 0 heterocycles. The summed E-state index contributed by atoms with van der Waals surface area (Å²) in [5.41, 5.74) is -0.597. The van der Waals surface area contributed by atoms with Crippen LogP contribution in [-0.2, 0) is 23.9 Å². The Kier molecular flexibility index (Phi) is 7.49. The monoisotopic (exact) mass is 287 g/mol. The minimum absolute atomic E-state index is 0.0631. The molecule has 0 aliphatic rings. The molecule has 0 unspecified atom stereocenters. The average molecular weight is 287 g/mol. The van der Waals surface area contributed by atoms with E-state index in [4.69, 9.17) is 9.84 Å². The number of esters is 1. The van der Waals surface area contributed by atoms with E-state index in [1.807, 2.05) is 0 Å². The van der Waals surface area contributed by atoms with Crippen molar-refractivity contribution in [1.82, 2.24) is 5.32 Å². The van der Waals surface area contributed by atoms with Gasteiger partial charge in [-0.1, -0.05) is 0 Å².